The summed E-state index contributed by atoms with van der Waals surface area (Å²) >= 11 is 0. The Hall–Kier alpha value is -7.96. The van der Waals surface area contributed by atoms with Crippen LogP contribution in [0.2, 0.25) is 0 Å². The molecule has 7 aromatic carbocycles. The van der Waals surface area contributed by atoms with E-state index in [2.05, 4.69) is 189 Å². The summed E-state index contributed by atoms with van der Waals surface area (Å²) < 4.78 is 13.4. The van der Waals surface area contributed by atoms with Crippen LogP contribution in [-0.4, -0.2) is 23.7 Å². The minimum atomic E-state index is 0.619. The van der Waals surface area contributed by atoms with E-state index in [0.29, 0.717) is 5.71 Å². The van der Waals surface area contributed by atoms with Gasteiger partial charge in [0.25, 0.3) is 0 Å². The molecule has 6 aromatic heterocycles. The van der Waals surface area contributed by atoms with Gasteiger partial charge in [0.05, 0.1) is 50.4 Å². The SMILES string of the molecule is c1ccc(-n2c3ccccc3c3c(-c4ccc5c(c4)c4ccccc4n5-c4cnc5oc6ccc(-n7c8ccccc8c8cnccc87)cc6c5c4)cccc32)cc1. The normalized spacial score (nSPS) is 12.1. The number of nitrogens with zero attached hydrogens (tertiary/aromatic N) is 5. The Morgan fingerprint density at radius 2 is 1.02 bits per heavy atom. The fourth-order valence-corrected chi connectivity index (χ4v) is 9.53. The number of aromatic nitrogens is 5. The highest BCUT2D eigenvalue weighted by atomic mass is 16.3. The van der Waals surface area contributed by atoms with Crippen molar-refractivity contribution in [2.75, 3.05) is 0 Å². The molecule has 6 heteroatoms. The first-order valence-electron chi connectivity index (χ1n) is 19.6. The smallest absolute Gasteiger partial charge is 0.227 e. The molecule has 0 aliphatic heterocycles. The third-order valence-electron chi connectivity index (χ3n) is 12.0. The maximum absolute atomic E-state index is 6.37. The second-order valence-electron chi connectivity index (χ2n) is 15.0. The summed E-state index contributed by atoms with van der Waals surface area (Å²) in [5, 5.41) is 9.18. The van der Waals surface area contributed by atoms with E-state index in [-0.39, 0.29) is 0 Å². The highest BCUT2D eigenvalue weighted by Crippen LogP contribution is 2.42. The largest absolute Gasteiger partial charge is 0.438 e. The van der Waals surface area contributed by atoms with Gasteiger partial charge in [-0.15, -0.1) is 0 Å². The molecule has 0 aliphatic carbocycles. The van der Waals surface area contributed by atoms with Gasteiger partial charge in [-0.05, 0) is 90.0 Å². The third-order valence-corrected chi connectivity index (χ3v) is 12.0. The second-order valence-corrected chi connectivity index (χ2v) is 15.0. The number of rotatable bonds is 4. The molecule has 0 saturated heterocycles. The highest BCUT2D eigenvalue weighted by molar-refractivity contribution is 6.18. The quantitative estimate of drug-likeness (QED) is 0.180. The number of pyridine rings is 2. The molecule has 0 atom stereocenters. The van der Waals surface area contributed by atoms with E-state index in [4.69, 9.17) is 9.40 Å². The van der Waals surface area contributed by atoms with Gasteiger partial charge in [0.15, 0.2) is 0 Å². The molecule has 0 amide bonds. The van der Waals surface area contributed by atoms with Crippen molar-refractivity contribution in [2.24, 2.45) is 0 Å². The molecule has 0 N–H and O–H groups in total. The van der Waals surface area contributed by atoms with Gasteiger partial charge in [-0.25, -0.2) is 4.98 Å². The summed E-state index contributed by atoms with van der Waals surface area (Å²) in [4.78, 5) is 9.38. The van der Waals surface area contributed by atoms with Crippen molar-refractivity contribution in [1.82, 2.24) is 23.7 Å². The minimum Gasteiger partial charge on any atom is -0.438 e. The van der Waals surface area contributed by atoms with Crippen LogP contribution >= 0.6 is 0 Å². The van der Waals surface area contributed by atoms with Crippen molar-refractivity contribution in [3.8, 4) is 28.2 Å². The first-order chi connectivity index (χ1) is 28.8. The van der Waals surface area contributed by atoms with Crippen LogP contribution in [0.1, 0.15) is 0 Å². The van der Waals surface area contributed by atoms with Crippen molar-refractivity contribution in [3.05, 3.63) is 188 Å². The zero-order chi connectivity index (χ0) is 37.9. The van der Waals surface area contributed by atoms with Crippen molar-refractivity contribution in [2.45, 2.75) is 0 Å². The Labute approximate surface area is 331 Å². The van der Waals surface area contributed by atoms with Crippen LogP contribution in [0.3, 0.4) is 0 Å². The molecule has 13 aromatic rings. The van der Waals surface area contributed by atoms with Gasteiger partial charge in [-0.1, -0.05) is 91.0 Å². The van der Waals surface area contributed by atoms with E-state index in [1.54, 1.807) is 0 Å². The molecule has 13 rings (SSSR count). The van der Waals surface area contributed by atoms with Crippen LogP contribution < -0.4 is 0 Å². The predicted octanol–water partition coefficient (Wildman–Crippen LogP) is 13.3. The maximum atomic E-state index is 6.37. The van der Waals surface area contributed by atoms with Gasteiger partial charge < -0.3 is 18.1 Å². The van der Waals surface area contributed by atoms with E-state index in [0.717, 1.165) is 60.9 Å². The van der Waals surface area contributed by atoms with Crippen LogP contribution in [0.25, 0.3) is 116 Å². The Bertz CT molecular complexity index is 3750. The predicted molar refractivity (Wildman–Crippen MR) is 238 cm³/mol. The van der Waals surface area contributed by atoms with Gasteiger partial charge in [-0.2, -0.15) is 0 Å². The number of furan rings is 1. The summed E-state index contributed by atoms with van der Waals surface area (Å²) in [5.74, 6) is 0. The molecule has 0 spiro atoms. The first kappa shape index (κ1) is 31.3. The van der Waals surface area contributed by atoms with Gasteiger partial charge in [-0.3, -0.25) is 4.98 Å². The van der Waals surface area contributed by atoms with Gasteiger partial charge in [0.1, 0.15) is 5.58 Å². The average molecular weight is 742 g/mol. The first-order valence-corrected chi connectivity index (χ1v) is 19.6. The summed E-state index contributed by atoms with van der Waals surface area (Å²) in [7, 11) is 0. The number of benzene rings is 7. The molecule has 0 unspecified atom stereocenters. The molecule has 6 nitrogen and oxygen atoms in total. The Kier molecular flexibility index (Phi) is 6.35. The number of fused-ring (bicyclic) bond motifs is 12. The molecule has 0 saturated carbocycles. The fourth-order valence-electron chi connectivity index (χ4n) is 9.53. The zero-order valence-electron chi connectivity index (χ0n) is 31.0. The topological polar surface area (TPSA) is 53.7 Å². The van der Waals surface area contributed by atoms with Gasteiger partial charge in [0, 0.05) is 61.5 Å². The van der Waals surface area contributed by atoms with Crippen molar-refractivity contribution >= 4 is 87.5 Å². The van der Waals surface area contributed by atoms with Crippen molar-refractivity contribution < 1.29 is 4.42 Å². The minimum absolute atomic E-state index is 0.619. The molecule has 0 radical (unpaired) electrons. The Morgan fingerprint density at radius 3 is 1.84 bits per heavy atom. The molecule has 0 bridgehead atoms. The molecular weight excluding hydrogens is 711 g/mol. The van der Waals surface area contributed by atoms with Gasteiger partial charge >= 0.3 is 0 Å². The van der Waals surface area contributed by atoms with Crippen LogP contribution in [-0.2, 0) is 0 Å². The Morgan fingerprint density at radius 1 is 0.379 bits per heavy atom. The lowest BCUT2D eigenvalue weighted by Gasteiger charge is -2.10. The summed E-state index contributed by atoms with van der Waals surface area (Å²) in [5.41, 5.74) is 13.9. The monoisotopic (exact) mass is 741 g/mol. The maximum Gasteiger partial charge on any atom is 0.227 e. The van der Waals surface area contributed by atoms with Crippen molar-refractivity contribution in [3.63, 3.8) is 0 Å². The van der Waals surface area contributed by atoms with Crippen LogP contribution in [0.5, 0.6) is 0 Å². The lowest BCUT2D eigenvalue weighted by atomic mass is 9.98. The molecule has 58 heavy (non-hydrogen) atoms. The molecule has 270 valence electrons. The van der Waals surface area contributed by atoms with E-state index in [1.807, 2.05) is 18.6 Å². The van der Waals surface area contributed by atoms with Crippen LogP contribution in [0.4, 0.5) is 0 Å². The summed E-state index contributed by atoms with van der Waals surface area (Å²) in [6.45, 7) is 0. The second kappa shape index (κ2) is 11.8. The Balaban J connectivity index is 1.00. The number of para-hydroxylation sites is 4. The molecular formula is C52H31N5O. The fraction of sp³-hybridized carbons (Fsp3) is 0. The molecule has 0 aliphatic rings. The van der Waals surface area contributed by atoms with Gasteiger partial charge in [0.2, 0.25) is 5.71 Å². The number of hydrogen-bond donors (Lipinski definition) is 0. The van der Waals surface area contributed by atoms with E-state index < -0.39 is 0 Å². The van der Waals surface area contributed by atoms with Crippen LogP contribution in [0, 0.1) is 0 Å². The average Bonchev–Trinajstić information content (AvgIpc) is 4.02. The molecule has 6 heterocycles. The lowest BCUT2D eigenvalue weighted by Crippen LogP contribution is -1.95. The molecule has 0 fully saturated rings. The standard InChI is InChI=1S/C52H31N5O/c1-2-11-33(12-3-1)55-46-19-9-6-15-39(46)51-36(16-10-20-49(51)55)32-21-23-47-40(27-32)37-13-4-7-17-44(37)57(47)35-29-42-41-28-34(22-24-50(41)58-52(42)54-30-35)56-45-18-8-5-14-38(45)43-31-53-26-25-48(43)56/h1-31H. The van der Waals surface area contributed by atoms with Crippen LogP contribution in [0.15, 0.2) is 193 Å². The highest BCUT2D eigenvalue weighted by Gasteiger charge is 2.20. The third kappa shape index (κ3) is 4.31. The lowest BCUT2D eigenvalue weighted by molar-refractivity contribution is 0.654. The van der Waals surface area contributed by atoms with Crippen molar-refractivity contribution in [1.29, 1.82) is 0 Å². The summed E-state index contributed by atoms with van der Waals surface area (Å²) in [6.07, 6.45) is 5.75. The number of hydrogen-bond acceptors (Lipinski definition) is 3. The van der Waals surface area contributed by atoms with E-state index in [9.17, 15) is 0 Å². The zero-order valence-corrected chi connectivity index (χ0v) is 31.0. The van der Waals surface area contributed by atoms with E-state index in [1.165, 1.54) is 49.1 Å². The van der Waals surface area contributed by atoms with E-state index >= 15 is 0 Å². The summed E-state index contributed by atoms with van der Waals surface area (Å²) in [6, 6.07) is 60.9.